The number of halogens is 1. The van der Waals surface area contributed by atoms with Crippen molar-refractivity contribution >= 4 is 29.0 Å². The summed E-state index contributed by atoms with van der Waals surface area (Å²) in [6.07, 6.45) is 4.35. The molecular weight excluding hydrogens is 264 g/mol. The Bertz CT molecular complexity index is 504. The number of aromatic carboxylic acids is 1. The van der Waals surface area contributed by atoms with Crippen LogP contribution in [-0.2, 0) is 0 Å². The van der Waals surface area contributed by atoms with Crippen molar-refractivity contribution in [2.45, 2.75) is 32.6 Å². The SMILES string of the molecule is CC1CCC(=NNc2ccc(Cl)c(C(=O)O)c2)CC1. The summed E-state index contributed by atoms with van der Waals surface area (Å²) in [5.74, 6) is -0.263. The maximum atomic E-state index is 11.0. The van der Waals surface area contributed by atoms with Gasteiger partial charge in [0.25, 0.3) is 0 Å². The number of rotatable bonds is 3. The first kappa shape index (κ1) is 13.9. The second-order valence-corrected chi connectivity index (χ2v) is 5.38. The van der Waals surface area contributed by atoms with Crippen LogP contribution in [0.1, 0.15) is 43.0 Å². The monoisotopic (exact) mass is 280 g/mol. The number of carboxylic acids is 1. The number of anilines is 1. The molecule has 0 spiro atoms. The number of hydrogen-bond donors (Lipinski definition) is 2. The zero-order chi connectivity index (χ0) is 13.8. The third kappa shape index (κ3) is 3.70. The summed E-state index contributed by atoms with van der Waals surface area (Å²) in [5, 5.41) is 13.6. The first-order valence-electron chi connectivity index (χ1n) is 6.40. The second-order valence-electron chi connectivity index (χ2n) is 4.97. The smallest absolute Gasteiger partial charge is 0.337 e. The van der Waals surface area contributed by atoms with Crippen LogP contribution >= 0.6 is 11.6 Å². The average molecular weight is 281 g/mol. The summed E-state index contributed by atoms with van der Waals surface area (Å²) in [4.78, 5) is 11.0. The Morgan fingerprint density at radius 3 is 2.74 bits per heavy atom. The van der Waals surface area contributed by atoms with Gasteiger partial charge >= 0.3 is 5.97 Å². The van der Waals surface area contributed by atoms with Gasteiger partial charge in [-0.1, -0.05) is 18.5 Å². The standard InChI is InChI=1S/C14H17ClN2O2/c1-9-2-4-10(5-3-9)16-17-11-6-7-13(15)12(8-11)14(18)19/h6-9,17H,2-5H2,1H3,(H,18,19). The van der Waals surface area contributed by atoms with Crippen LogP contribution in [0.2, 0.25) is 5.02 Å². The van der Waals surface area contributed by atoms with Crippen molar-refractivity contribution in [1.29, 1.82) is 0 Å². The Hall–Kier alpha value is -1.55. The minimum Gasteiger partial charge on any atom is -0.478 e. The molecule has 4 nitrogen and oxygen atoms in total. The Morgan fingerprint density at radius 2 is 2.11 bits per heavy atom. The van der Waals surface area contributed by atoms with E-state index in [1.165, 1.54) is 18.9 Å². The molecule has 1 fully saturated rings. The molecule has 0 amide bonds. The Kier molecular flexibility index (Phi) is 4.43. The van der Waals surface area contributed by atoms with Gasteiger partial charge in [-0.05, 0) is 49.8 Å². The fourth-order valence-corrected chi connectivity index (χ4v) is 2.31. The van der Waals surface area contributed by atoms with Gasteiger partial charge in [0.05, 0.1) is 16.3 Å². The van der Waals surface area contributed by atoms with Crippen LogP contribution in [0.15, 0.2) is 23.3 Å². The van der Waals surface area contributed by atoms with Gasteiger partial charge in [-0.25, -0.2) is 4.79 Å². The van der Waals surface area contributed by atoms with E-state index >= 15 is 0 Å². The van der Waals surface area contributed by atoms with Crippen molar-refractivity contribution in [2.75, 3.05) is 5.43 Å². The molecule has 2 N–H and O–H groups in total. The molecule has 1 aliphatic carbocycles. The van der Waals surface area contributed by atoms with Crippen LogP contribution in [-0.4, -0.2) is 16.8 Å². The summed E-state index contributed by atoms with van der Waals surface area (Å²) in [6.45, 7) is 2.25. The minimum atomic E-state index is -1.03. The van der Waals surface area contributed by atoms with E-state index in [1.807, 2.05) is 0 Å². The van der Waals surface area contributed by atoms with Crippen molar-refractivity contribution < 1.29 is 9.90 Å². The highest BCUT2D eigenvalue weighted by Crippen LogP contribution is 2.23. The van der Waals surface area contributed by atoms with E-state index < -0.39 is 5.97 Å². The maximum Gasteiger partial charge on any atom is 0.337 e. The lowest BCUT2D eigenvalue weighted by Crippen LogP contribution is -2.13. The molecule has 1 aromatic carbocycles. The van der Waals surface area contributed by atoms with Crippen LogP contribution in [0.3, 0.4) is 0 Å². The van der Waals surface area contributed by atoms with E-state index in [9.17, 15) is 4.79 Å². The third-order valence-corrected chi connectivity index (χ3v) is 3.72. The topological polar surface area (TPSA) is 61.7 Å². The molecule has 0 heterocycles. The van der Waals surface area contributed by atoms with E-state index in [4.69, 9.17) is 16.7 Å². The van der Waals surface area contributed by atoms with Crippen LogP contribution in [0.25, 0.3) is 0 Å². The highest BCUT2D eigenvalue weighted by atomic mass is 35.5. The molecule has 1 aromatic rings. The molecule has 0 radical (unpaired) electrons. The summed E-state index contributed by atoms with van der Waals surface area (Å²) in [5.41, 5.74) is 4.79. The zero-order valence-electron chi connectivity index (χ0n) is 10.8. The summed E-state index contributed by atoms with van der Waals surface area (Å²) in [7, 11) is 0. The Morgan fingerprint density at radius 1 is 1.42 bits per heavy atom. The van der Waals surface area contributed by atoms with Gasteiger partial charge < -0.3 is 5.11 Å². The van der Waals surface area contributed by atoms with Gasteiger partial charge in [0.1, 0.15) is 0 Å². The summed E-state index contributed by atoms with van der Waals surface area (Å²) < 4.78 is 0. The molecule has 1 saturated carbocycles. The molecule has 0 unspecified atom stereocenters. The van der Waals surface area contributed by atoms with E-state index in [0.29, 0.717) is 5.69 Å². The van der Waals surface area contributed by atoms with E-state index in [0.717, 1.165) is 24.5 Å². The molecule has 0 atom stereocenters. The van der Waals surface area contributed by atoms with Gasteiger partial charge in [-0.3, -0.25) is 5.43 Å². The number of benzene rings is 1. The third-order valence-electron chi connectivity index (χ3n) is 3.39. The predicted molar refractivity (Wildman–Crippen MR) is 77.1 cm³/mol. The molecule has 5 heteroatoms. The number of hydrazone groups is 1. The molecule has 102 valence electrons. The highest BCUT2D eigenvalue weighted by molar-refractivity contribution is 6.33. The lowest BCUT2D eigenvalue weighted by Gasteiger charge is -2.19. The largest absolute Gasteiger partial charge is 0.478 e. The summed E-state index contributed by atoms with van der Waals surface area (Å²) in [6, 6.07) is 4.79. The summed E-state index contributed by atoms with van der Waals surface area (Å²) >= 11 is 5.81. The molecule has 2 rings (SSSR count). The lowest BCUT2D eigenvalue weighted by atomic mass is 9.90. The van der Waals surface area contributed by atoms with Crippen molar-refractivity contribution in [1.82, 2.24) is 0 Å². The van der Waals surface area contributed by atoms with Gasteiger partial charge in [0.2, 0.25) is 0 Å². The number of hydrogen-bond acceptors (Lipinski definition) is 3. The quantitative estimate of drug-likeness (QED) is 0.822. The van der Waals surface area contributed by atoms with E-state index in [-0.39, 0.29) is 10.6 Å². The van der Waals surface area contributed by atoms with Gasteiger partial charge in [-0.2, -0.15) is 5.10 Å². The number of nitrogens with one attached hydrogen (secondary N) is 1. The maximum absolute atomic E-state index is 11.0. The fourth-order valence-electron chi connectivity index (χ4n) is 2.11. The number of carboxylic acid groups (broad SMARTS) is 1. The molecular formula is C14H17ClN2O2. The van der Waals surface area contributed by atoms with Crippen LogP contribution in [0, 0.1) is 5.92 Å². The normalized spacial score (nSPS) is 19.1. The fraction of sp³-hybridized carbons (Fsp3) is 0.429. The zero-order valence-corrected chi connectivity index (χ0v) is 11.6. The van der Waals surface area contributed by atoms with Gasteiger partial charge in [-0.15, -0.1) is 0 Å². The van der Waals surface area contributed by atoms with Gasteiger partial charge in [0, 0.05) is 5.71 Å². The minimum absolute atomic E-state index is 0.0872. The van der Waals surface area contributed by atoms with Crippen molar-refractivity contribution in [3.63, 3.8) is 0 Å². The second kappa shape index (κ2) is 6.06. The first-order chi connectivity index (χ1) is 9.06. The molecule has 0 saturated heterocycles. The van der Waals surface area contributed by atoms with E-state index in [1.54, 1.807) is 12.1 Å². The lowest BCUT2D eigenvalue weighted by molar-refractivity contribution is 0.0697. The van der Waals surface area contributed by atoms with Crippen molar-refractivity contribution in [3.8, 4) is 0 Å². The van der Waals surface area contributed by atoms with Crippen LogP contribution in [0.4, 0.5) is 5.69 Å². The van der Waals surface area contributed by atoms with Gasteiger partial charge in [0.15, 0.2) is 0 Å². The molecule has 0 bridgehead atoms. The molecule has 1 aliphatic rings. The highest BCUT2D eigenvalue weighted by Gasteiger charge is 2.13. The van der Waals surface area contributed by atoms with Crippen molar-refractivity contribution in [2.24, 2.45) is 11.0 Å². The number of nitrogens with zero attached hydrogens (tertiary/aromatic N) is 1. The van der Waals surface area contributed by atoms with Crippen molar-refractivity contribution in [3.05, 3.63) is 28.8 Å². The molecule has 0 aliphatic heterocycles. The van der Waals surface area contributed by atoms with E-state index in [2.05, 4.69) is 17.5 Å². The predicted octanol–water partition coefficient (Wildman–Crippen LogP) is 4.02. The van der Waals surface area contributed by atoms with Crippen LogP contribution in [0.5, 0.6) is 0 Å². The van der Waals surface area contributed by atoms with Crippen LogP contribution < -0.4 is 5.43 Å². The first-order valence-corrected chi connectivity index (χ1v) is 6.78. The molecule has 0 aromatic heterocycles. The number of carbonyl (C=O) groups is 1. The molecule has 19 heavy (non-hydrogen) atoms. The Labute approximate surface area is 117 Å². The average Bonchev–Trinajstić information content (AvgIpc) is 2.39. The Balaban J connectivity index is 2.05.